The van der Waals surface area contributed by atoms with Gasteiger partial charge in [-0.1, -0.05) is 170 Å². The zero-order valence-electron chi connectivity index (χ0n) is 30.5. The largest absolute Gasteiger partial charge is 0.489 e. The van der Waals surface area contributed by atoms with E-state index in [9.17, 15) is 0 Å². The summed E-state index contributed by atoms with van der Waals surface area (Å²) < 4.78 is 6.80. The number of benzene rings is 3. The van der Waals surface area contributed by atoms with Crippen molar-refractivity contribution >= 4 is 13.3 Å². The Morgan fingerprint density at radius 3 is 1.45 bits per heavy atom. The molecule has 1 aliphatic rings. The van der Waals surface area contributed by atoms with Crippen molar-refractivity contribution in [2.24, 2.45) is 0 Å². The number of hydrogen-bond donors (Lipinski definition) is 0. The van der Waals surface area contributed by atoms with Crippen LogP contribution >= 0.6 is 0 Å². The normalized spacial score (nSPS) is 14.4. The third-order valence-electron chi connectivity index (χ3n) is 10.2. The smallest absolute Gasteiger partial charge is 0.122 e. The molecule has 238 valence electrons. The molecule has 0 saturated carbocycles. The summed E-state index contributed by atoms with van der Waals surface area (Å²) in [6.07, 6.45) is 1.90. The van der Waals surface area contributed by atoms with E-state index in [2.05, 4.69) is 152 Å². The summed E-state index contributed by atoms with van der Waals surface area (Å²) in [4.78, 5) is 0. The minimum atomic E-state index is -2.29. The summed E-state index contributed by atoms with van der Waals surface area (Å²) in [5, 5.41) is 1.49. The molecule has 4 rings (SSSR count). The number of hydrogen-bond acceptors (Lipinski definition) is 1. The van der Waals surface area contributed by atoms with Gasteiger partial charge in [0.2, 0.25) is 0 Å². The number of ether oxygens (including phenoxy) is 1. The molecular weight excluding hydrogens is 549 g/mol. The Morgan fingerprint density at radius 2 is 1.09 bits per heavy atom. The Kier molecular flexibility index (Phi) is 9.08. The summed E-state index contributed by atoms with van der Waals surface area (Å²) in [5.41, 5.74) is 12.0. The second kappa shape index (κ2) is 11.7. The quantitative estimate of drug-likeness (QED) is 0.191. The first kappa shape index (κ1) is 34.3. The minimum Gasteiger partial charge on any atom is -0.489 e. The van der Waals surface area contributed by atoms with Gasteiger partial charge in [0.15, 0.2) is 0 Å². The van der Waals surface area contributed by atoms with Crippen LogP contribution in [-0.4, -0.2) is 14.7 Å². The second-order valence-electron chi connectivity index (χ2n) is 17.4. The number of rotatable bonds is 7. The highest BCUT2D eigenvalue weighted by molar-refractivity contribution is 6.94. The predicted octanol–water partition coefficient (Wildman–Crippen LogP) is 11.5. The maximum atomic E-state index is 6.80. The van der Waals surface area contributed by atoms with Gasteiger partial charge in [-0.3, -0.25) is 0 Å². The van der Waals surface area contributed by atoms with Gasteiger partial charge in [0.25, 0.3) is 0 Å². The Balaban J connectivity index is 2.16. The molecule has 0 saturated heterocycles. The molecule has 2 heteroatoms. The molecule has 44 heavy (non-hydrogen) atoms. The standard InChI is InChI=1S/C42H60OSi/c1-16-23-43-37-35(42(13,14)15)26-30(41(10,11)12)27-36(37)44(17-2,18-3)38-31-21-19-28(39(4,5)6)24-33(31)34-25-29(40(7,8)9)20-22-32(34)38/h16,19-22,24-27,38H,1,17-18,23H2,2-15H3. The van der Waals surface area contributed by atoms with Crippen LogP contribution in [0.5, 0.6) is 5.75 Å². The van der Waals surface area contributed by atoms with Crippen LogP contribution in [0.1, 0.15) is 136 Å². The average Bonchev–Trinajstić information content (AvgIpc) is 3.24. The van der Waals surface area contributed by atoms with Gasteiger partial charge in [-0.25, -0.2) is 0 Å². The zero-order chi connectivity index (χ0) is 33.0. The predicted molar refractivity (Wildman–Crippen MR) is 197 cm³/mol. The molecule has 1 nitrogen and oxygen atoms in total. The van der Waals surface area contributed by atoms with Crippen LogP contribution in [0, 0.1) is 0 Å². The molecule has 0 atom stereocenters. The SMILES string of the molecule is C=CCOc1c(C(C)(C)C)cc(C(C)(C)C)cc1[Si](CC)(CC)C1c2ccc(C(C)(C)C)cc2-c2cc(C(C)(C)C)ccc21. The molecule has 0 spiro atoms. The lowest BCUT2D eigenvalue weighted by molar-refractivity contribution is 0.353. The molecule has 0 bridgehead atoms. The van der Waals surface area contributed by atoms with Crippen LogP contribution in [0.3, 0.4) is 0 Å². The molecule has 0 amide bonds. The lowest BCUT2D eigenvalue weighted by atomic mass is 9.80. The van der Waals surface area contributed by atoms with Crippen LogP contribution in [0.15, 0.2) is 61.2 Å². The van der Waals surface area contributed by atoms with E-state index in [1.807, 2.05) is 6.08 Å². The van der Waals surface area contributed by atoms with Gasteiger partial charge in [0.1, 0.15) is 20.4 Å². The first-order valence-electron chi connectivity index (χ1n) is 16.9. The first-order valence-corrected chi connectivity index (χ1v) is 19.4. The Hall–Kier alpha value is -2.58. The van der Waals surface area contributed by atoms with Gasteiger partial charge in [0.05, 0.1) is 0 Å². The highest BCUT2D eigenvalue weighted by atomic mass is 28.3. The van der Waals surface area contributed by atoms with E-state index in [-0.39, 0.29) is 21.7 Å². The molecular formula is C42H60OSi. The lowest BCUT2D eigenvalue weighted by Gasteiger charge is -2.41. The molecule has 0 aromatic heterocycles. The topological polar surface area (TPSA) is 9.23 Å². The minimum absolute atomic E-state index is 0.0298. The van der Waals surface area contributed by atoms with Gasteiger partial charge >= 0.3 is 0 Å². The molecule has 3 aromatic rings. The fraction of sp³-hybridized carbons (Fsp3) is 0.524. The maximum Gasteiger partial charge on any atom is 0.122 e. The van der Waals surface area contributed by atoms with E-state index in [0.29, 0.717) is 12.1 Å². The van der Waals surface area contributed by atoms with E-state index in [0.717, 1.165) is 17.8 Å². The van der Waals surface area contributed by atoms with Gasteiger partial charge in [-0.05, 0) is 71.4 Å². The van der Waals surface area contributed by atoms with E-state index in [1.165, 1.54) is 49.7 Å². The highest BCUT2D eigenvalue weighted by Crippen LogP contribution is 2.53. The maximum absolute atomic E-state index is 6.80. The molecule has 0 heterocycles. The van der Waals surface area contributed by atoms with E-state index >= 15 is 0 Å². The highest BCUT2D eigenvalue weighted by Gasteiger charge is 2.49. The fourth-order valence-electron chi connectivity index (χ4n) is 7.26. The Morgan fingerprint density at radius 1 is 0.636 bits per heavy atom. The van der Waals surface area contributed by atoms with Crippen LogP contribution in [0.25, 0.3) is 11.1 Å². The van der Waals surface area contributed by atoms with Crippen LogP contribution in [0.2, 0.25) is 12.1 Å². The van der Waals surface area contributed by atoms with Crippen molar-refractivity contribution in [3.8, 4) is 16.9 Å². The summed E-state index contributed by atoms with van der Waals surface area (Å²) in [7, 11) is -2.29. The van der Waals surface area contributed by atoms with Crippen LogP contribution < -0.4 is 9.92 Å². The van der Waals surface area contributed by atoms with Gasteiger partial charge < -0.3 is 4.74 Å². The van der Waals surface area contributed by atoms with Crippen molar-refractivity contribution in [1.29, 1.82) is 0 Å². The molecule has 1 aliphatic carbocycles. The summed E-state index contributed by atoms with van der Waals surface area (Å²) >= 11 is 0. The Labute approximate surface area is 271 Å². The molecule has 0 radical (unpaired) electrons. The van der Waals surface area contributed by atoms with Crippen molar-refractivity contribution in [2.45, 2.75) is 136 Å². The third kappa shape index (κ3) is 6.13. The van der Waals surface area contributed by atoms with Crippen molar-refractivity contribution in [2.75, 3.05) is 6.61 Å². The molecule has 0 unspecified atom stereocenters. The van der Waals surface area contributed by atoms with Crippen molar-refractivity contribution < 1.29 is 4.74 Å². The van der Waals surface area contributed by atoms with E-state index in [4.69, 9.17) is 4.74 Å². The average molecular weight is 609 g/mol. The Bertz CT molecular complexity index is 1460. The molecule has 3 aromatic carbocycles. The molecule has 0 aliphatic heterocycles. The summed E-state index contributed by atoms with van der Waals surface area (Å²) in [5.74, 6) is 1.12. The van der Waals surface area contributed by atoms with E-state index < -0.39 is 8.07 Å². The van der Waals surface area contributed by atoms with E-state index in [1.54, 1.807) is 0 Å². The summed E-state index contributed by atoms with van der Waals surface area (Å²) in [6, 6.07) is 22.2. The second-order valence-corrected chi connectivity index (χ2v) is 22.2. The fourth-order valence-corrected chi connectivity index (χ4v) is 12.4. The van der Waals surface area contributed by atoms with Crippen LogP contribution in [0.4, 0.5) is 0 Å². The third-order valence-corrected chi connectivity index (χ3v) is 15.9. The first-order chi connectivity index (χ1) is 20.2. The van der Waals surface area contributed by atoms with Crippen LogP contribution in [-0.2, 0) is 21.7 Å². The van der Waals surface area contributed by atoms with Gasteiger partial charge in [-0.15, -0.1) is 0 Å². The van der Waals surface area contributed by atoms with Gasteiger partial charge in [0, 0.05) is 5.54 Å². The lowest BCUT2D eigenvalue weighted by Crippen LogP contribution is -2.53. The monoisotopic (exact) mass is 608 g/mol. The number of fused-ring (bicyclic) bond motifs is 3. The van der Waals surface area contributed by atoms with Gasteiger partial charge in [-0.2, -0.15) is 0 Å². The van der Waals surface area contributed by atoms with Crippen molar-refractivity contribution in [1.82, 2.24) is 0 Å². The summed E-state index contributed by atoms with van der Waals surface area (Å²) in [6.45, 7) is 37.5. The van der Waals surface area contributed by atoms with Crippen molar-refractivity contribution in [3.63, 3.8) is 0 Å². The molecule has 0 fully saturated rings. The van der Waals surface area contributed by atoms with Crippen molar-refractivity contribution in [3.05, 3.63) is 94.6 Å². The zero-order valence-corrected chi connectivity index (χ0v) is 31.5. The molecule has 0 N–H and O–H groups in total.